The molecule has 0 spiro atoms. The molecule has 1 heterocycles. The van der Waals surface area contributed by atoms with Gasteiger partial charge < -0.3 is 10.1 Å². The van der Waals surface area contributed by atoms with E-state index < -0.39 is 5.97 Å². The van der Waals surface area contributed by atoms with E-state index in [4.69, 9.17) is 4.74 Å². The second-order valence-corrected chi connectivity index (χ2v) is 6.12. The minimum absolute atomic E-state index is 0.300. The Labute approximate surface area is 161 Å². The predicted octanol–water partition coefficient (Wildman–Crippen LogP) is 4.51. The average molecular weight is 378 g/mol. The summed E-state index contributed by atoms with van der Waals surface area (Å²) in [6.07, 6.45) is 2.99. The number of anilines is 1. The van der Waals surface area contributed by atoms with E-state index >= 15 is 0 Å². The quantitative estimate of drug-likeness (QED) is 0.524. The van der Waals surface area contributed by atoms with Crippen LogP contribution in [0.2, 0.25) is 0 Å². The van der Waals surface area contributed by atoms with Crippen molar-refractivity contribution in [1.82, 2.24) is 4.98 Å². The zero-order chi connectivity index (χ0) is 20.1. The summed E-state index contributed by atoms with van der Waals surface area (Å²) < 4.78 is 18.2. The molecule has 0 saturated carbocycles. The van der Waals surface area contributed by atoms with E-state index in [1.165, 1.54) is 18.2 Å². The highest BCUT2D eigenvalue weighted by Crippen LogP contribution is 2.19. The molecule has 0 bridgehead atoms. The SMILES string of the molecule is CCOC(=O)C=Cc1ccc(NC(=O)c2cc3ccc(F)cc3nc2C)cc1. The van der Waals surface area contributed by atoms with Gasteiger partial charge in [-0.15, -0.1) is 0 Å². The third-order valence-electron chi connectivity index (χ3n) is 4.08. The van der Waals surface area contributed by atoms with Crippen molar-refractivity contribution < 1.29 is 18.7 Å². The van der Waals surface area contributed by atoms with Gasteiger partial charge in [-0.3, -0.25) is 9.78 Å². The van der Waals surface area contributed by atoms with Crippen LogP contribution in [0.3, 0.4) is 0 Å². The number of nitrogens with zero attached hydrogens (tertiary/aromatic N) is 1. The number of fused-ring (bicyclic) bond motifs is 1. The second kappa shape index (κ2) is 8.43. The summed E-state index contributed by atoms with van der Waals surface area (Å²) in [5.74, 6) is -1.07. The average Bonchev–Trinajstić information content (AvgIpc) is 2.67. The molecule has 142 valence electrons. The number of carbonyl (C=O) groups is 2. The Morgan fingerprint density at radius 1 is 1.14 bits per heavy atom. The molecule has 1 aromatic heterocycles. The number of amides is 1. The zero-order valence-electron chi connectivity index (χ0n) is 15.5. The molecule has 1 N–H and O–H groups in total. The zero-order valence-corrected chi connectivity index (χ0v) is 15.5. The predicted molar refractivity (Wildman–Crippen MR) is 107 cm³/mol. The maximum Gasteiger partial charge on any atom is 0.330 e. The number of ether oxygens (including phenoxy) is 1. The van der Waals surface area contributed by atoms with E-state index in [2.05, 4.69) is 10.3 Å². The van der Waals surface area contributed by atoms with Crippen LogP contribution in [0.1, 0.15) is 28.5 Å². The normalized spacial score (nSPS) is 11.0. The van der Waals surface area contributed by atoms with Crippen LogP contribution in [-0.2, 0) is 9.53 Å². The van der Waals surface area contributed by atoms with Gasteiger partial charge in [-0.1, -0.05) is 12.1 Å². The van der Waals surface area contributed by atoms with Crippen LogP contribution in [-0.4, -0.2) is 23.5 Å². The minimum Gasteiger partial charge on any atom is -0.463 e. The number of aryl methyl sites for hydroxylation is 1. The molecule has 0 aliphatic rings. The number of hydrogen-bond acceptors (Lipinski definition) is 4. The molecule has 0 saturated heterocycles. The number of halogens is 1. The molecule has 3 rings (SSSR count). The van der Waals surface area contributed by atoms with Gasteiger partial charge in [-0.25, -0.2) is 9.18 Å². The van der Waals surface area contributed by atoms with Crippen molar-refractivity contribution in [2.45, 2.75) is 13.8 Å². The minimum atomic E-state index is -0.404. The standard InChI is InChI=1S/C22H19FN2O3/c1-3-28-21(26)11-6-15-4-9-18(10-5-15)25-22(27)19-12-16-7-8-17(23)13-20(16)24-14(19)2/h4-13H,3H2,1-2H3,(H,25,27). The molecule has 0 unspecified atom stereocenters. The Morgan fingerprint density at radius 3 is 2.61 bits per heavy atom. The molecular formula is C22H19FN2O3. The Bertz CT molecular complexity index is 1060. The molecule has 0 atom stereocenters. The van der Waals surface area contributed by atoms with Crippen molar-refractivity contribution in [3.8, 4) is 0 Å². The third-order valence-corrected chi connectivity index (χ3v) is 4.08. The number of esters is 1. The van der Waals surface area contributed by atoms with Crippen LogP contribution in [0.5, 0.6) is 0 Å². The number of aromatic nitrogens is 1. The Balaban J connectivity index is 1.74. The monoisotopic (exact) mass is 378 g/mol. The molecule has 6 heteroatoms. The number of pyridine rings is 1. The van der Waals surface area contributed by atoms with Crippen molar-refractivity contribution in [3.63, 3.8) is 0 Å². The molecule has 2 aromatic carbocycles. The molecule has 0 fully saturated rings. The van der Waals surface area contributed by atoms with Crippen LogP contribution < -0.4 is 5.32 Å². The summed E-state index contributed by atoms with van der Waals surface area (Å²) in [5, 5.41) is 3.51. The molecule has 0 aliphatic carbocycles. The fourth-order valence-electron chi connectivity index (χ4n) is 2.70. The summed E-state index contributed by atoms with van der Waals surface area (Å²) in [6, 6.07) is 13.0. The number of hydrogen-bond donors (Lipinski definition) is 1. The first-order valence-electron chi connectivity index (χ1n) is 8.79. The molecule has 0 aliphatic heterocycles. The van der Waals surface area contributed by atoms with Gasteiger partial charge in [0.25, 0.3) is 5.91 Å². The van der Waals surface area contributed by atoms with Gasteiger partial charge in [0.2, 0.25) is 0 Å². The first-order valence-corrected chi connectivity index (χ1v) is 8.79. The second-order valence-electron chi connectivity index (χ2n) is 6.12. The lowest BCUT2D eigenvalue weighted by molar-refractivity contribution is -0.137. The summed E-state index contributed by atoms with van der Waals surface area (Å²) in [6.45, 7) is 3.78. The van der Waals surface area contributed by atoms with E-state index in [9.17, 15) is 14.0 Å². The van der Waals surface area contributed by atoms with Crippen LogP contribution in [0.25, 0.3) is 17.0 Å². The van der Waals surface area contributed by atoms with E-state index in [-0.39, 0.29) is 11.7 Å². The van der Waals surface area contributed by atoms with Crippen molar-refractivity contribution in [3.05, 3.63) is 77.2 Å². The largest absolute Gasteiger partial charge is 0.463 e. The van der Waals surface area contributed by atoms with Gasteiger partial charge in [0.05, 0.1) is 23.4 Å². The van der Waals surface area contributed by atoms with Crippen LogP contribution in [0.4, 0.5) is 10.1 Å². The summed E-state index contributed by atoms with van der Waals surface area (Å²) in [5.41, 5.74) is 2.86. The fraction of sp³-hybridized carbons (Fsp3) is 0.136. The fourth-order valence-corrected chi connectivity index (χ4v) is 2.70. The molecule has 3 aromatic rings. The lowest BCUT2D eigenvalue weighted by Gasteiger charge is -2.09. The highest BCUT2D eigenvalue weighted by atomic mass is 19.1. The topological polar surface area (TPSA) is 68.3 Å². The first-order chi connectivity index (χ1) is 13.5. The van der Waals surface area contributed by atoms with Crippen LogP contribution in [0, 0.1) is 12.7 Å². The maximum atomic E-state index is 13.3. The highest BCUT2D eigenvalue weighted by molar-refractivity contribution is 6.06. The lowest BCUT2D eigenvalue weighted by Crippen LogP contribution is -2.14. The lowest BCUT2D eigenvalue weighted by atomic mass is 10.1. The van der Waals surface area contributed by atoms with E-state index in [1.54, 1.807) is 56.3 Å². The van der Waals surface area contributed by atoms with Crippen molar-refractivity contribution in [2.75, 3.05) is 11.9 Å². The number of carbonyl (C=O) groups excluding carboxylic acids is 2. The molecule has 5 nitrogen and oxygen atoms in total. The molecular weight excluding hydrogens is 359 g/mol. The summed E-state index contributed by atoms with van der Waals surface area (Å²) in [7, 11) is 0. The number of benzene rings is 2. The van der Waals surface area contributed by atoms with Crippen molar-refractivity contribution in [2.24, 2.45) is 0 Å². The van der Waals surface area contributed by atoms with Gasteiger partial charge in [0.15, 0.2) is 0 Å². The van der Waals surface area contributed by atoms with Gasteiger partial charge in [-0.05, 0) is 55.8 Å². The third kappa shape index (κ3) is 4.59. The Kier molecular flexibility index (Phi) is 5.79. The maximum absolute atomic E-state index is 13.3. The molecule has 28 heavy (non-hydrogen) atoms. The van der Waals surface area contributed by atoms with Gasteiger partial charge in [0.1, 0.15) is 5.82 Å². The van der Waals surface area contributed by atoms with E-state index in [0.29, 0.717) is 34.5 Å². The van der Waals surface area contributed by atoms with Crippen LogP contribution in [0.15, 0.2) is 54.6 Å². The van der Waals surface area contributed by atoms with Crippen molar-refractivity contribution in [1.29, 1.82) is 0 Å². The van der Waals surface area contributed by atoms with E-state index in [0.717, 1.165) is 5.56 Å². The Hall–Kier alpha value is -3.54. The smallest absolute Gasteiger partial charge is 0.330 e. The molecule has 1 amide bonds. The summed E-state index contributed by atoms with van der Waals surface area (Å²) in [4.78, 5) is 28.3. The number of nitrogens with one attached hydrogen (secondary N) is 1. The molecule has 0 radical (unpaired) electrons. The van der Waals surface area contributed by atoms with E-state index in [1.807, 2.05) is 0 Å². The van der Waals surface area contributed by atoms with Crippen molar-refractivity contribution >= 4 is 34.5 Å². The summed E-state index contributed by atoms with van der Waals surface area (Å²) >= 11 is 0. The van der Waals surface area contributed by atoms with Gasteiger partial charge in [0, 0.05) is 23.2 Å². The first kappa shape index (κ1) is 19.2. The van der Waals surface area contributed by atoms with Gasteiger partial charge in [-0.2, -0.15) is 0 Å². The highest BCUT2D eigenvalue weighted by Gasteiger charge is 2.12. The van der Waals surface area contributed by atoms with Crippen LogP contribution >= 0.6 is 0 Å². The van der Waals surface area contributed by atoms with Gasteiger partial charge >= 0.3 is 5.97 Å². The Morgan fingerprint density at radius 2 is 1.89 bits per heavy atom. The number of rotatable bonds is 5.